The van der Waals surface area contributed by atoms with Crippen molar-refractivity contribution < 1.29 is 9.59 Å². The highest BCUT2D eigenvalue weighted by atomic mass is 16.2. The van der Waals surface area contributed by atoms with Gasteiger partial charge in [0, 0.05) is 12.6 Å². The Bertz CT molecular complexity index is 779. The van der Waals surface area contributed by atoms with Crippen molar-refractivity contribution in [2.75, 3.05) is 0 Å². The lowest BCUT2D eigenvalue weighted by atomic mass is 10.0. The maximum atomic E-state index is 13.2. The first kappa shape index (κ1) is 21.7. The number of carbonyl (C=O) groups is 2. The molecule has 2 rings (SSSR count). The van der Waals surface area contributed by atoms with Crippen LogP contribution in [-0.4, -0.2) is 28.8 Å². The van der Waals surface area contributed by atoms with Crippen molar-refractivity contribution >= 4 is 11.8 Å². The topological polar surface area (TPSA) is 49.4 Å². The number of hydrogen-bond donors (Lipinski definition) is 1. The average Bonchev–Trinajstić information content (AvgIpc) is 2.64. The van der Waals surface area contributed by atoms with E-state index >= 15 is 0 Å². The molecule has 4 nitrogen and oxygen atoms in total. The molecule has 0 bridgehead atoms. The molecule has 0 heterocycles. The second-order valence-corrected chi connectivity index (χ2v) is 7.76. The Morgan fingerprint density at radius 3 is 1.86 bits per heavy atom. The van der Waals surface area contributed by atoms with Crippen LogP contribution in [0, 0.1) is 13.8 Å². The molecule has 2 aromatic rings. The predicted octanol–water partition coefficient (Wildman–Crippen LogP) is 4.18. The van der Waals surface area contributed by atoms with Crippen molar-refractivity contribution in [2.24, 2.45) is 0 Å². The summed E-state index contributed by atoms with van der Waals surface area (Å²) in [5.74, 6) is -0.128. The molecule has 0 saturated heterocycles. The maximum Gasteiger partial charge on any atom is 0.243 e. The monoisotopic (exact) mass is 380 g/mol. The van der Waals surface area contributed by atoms with Gasteiger partial charge in [-0.3, -0.25) is 9.59 Å². The van der Waals surface area contributed by atoms with Gasteiger partial charge in [-0.1, -0.05) is 66.6 Å². The molecule has 0 saturated carbocycles. The van der Waals surface area contributed by atoms with Crippen LogP contribution in [0.1, 0.15) is 49.4 Å². The molecule has 0 radical (unpaired) electrons. The number of amides is 2. The quantitative estimate of drug-likeness (QED) is 0.747. The molecule has 0 aromatic heterocycles. The van der Waals surface area contributed by atoms with Gasteiger partial charge in [-0.05, 0) is 45.2 Å². The van der Waals surface area contributed by atoms with E-state index in [1.807, 2.05) is 83.1 Å². The zero-order valence-electron chi connectivity index (χ0n) is 17.7. The summed E-state index contributed by atoms with van der Waals surface area (Å²) >= 11 is 0. The highest BCUT2D eigenvalue weighted by Gasteiger charge is 2.28. The van der Waals surface area contributed by atoms with Crippen LogP contribution in [-0.2, 0) is 22.6 Å². The second-order valence-electron chi connectivity index (χ2n) is 7.76. The number of hydrogen-bond acceptors (Lipinski definition) is 2. The summed E-state index contributed by atoms with van der Waals surface area (Å²) in [6, 6.07) is 15.6. The van der Waals surface area contributed by atoms with Gasteiger partial charge in [0.15, 0.2) is 0 Å². The van der Waals surface area contributed by atoms with Crippen molar-refractivity contribution in [1.82, 2.24) is 10.2 Å². The normalized spacial score (nSPS) is 11.9. The van der Waals surface area contributed by atoms with Gasteiger partial charge in [0.05, 0.1) is 6.42 Å². The number of nitrogens with one attached hydrogen (secondary N) is 1. The Balaban J connectivity index is 2.27. The van der Waals surface area contributed by atoms with Crippen molar-refractivity contribution in [1.29, 1.82) is 0 Å². The summed E-state index contributed by atoms with van der Waals surface area (Å²) in [6.07, 6.45) is 0.863. The molecule has 0 aliphatic carbocycles. The minimum Gasteiger partial charge on any atom is -0.352 e. The summed E-state index contributed by atoms with van der Waals surface area (Å²) in [5.41, 5.74) is 4.32. The summed E-state index contributed by atoms with van der Waals surface area (Å²) in [5, 5.41) is 2.96. The Morgan fingerprint density at radius 1 is 0.893 bits per heavy atom. The summed E-state index contributed by atoms with van der Waals surface area (Å²) < 4.78 is 0. The van der Waals surface area contributed by atoms with E-state index in [0.29, 0.717) is 13.0 Å². The lowest BCUT2D eigenvalue weighted by molar-refractivity contribution is -0.141. The Labute approximate surface area is 169 Å². The van der Waals surface area contributed by atoms with E-state index in [2.05, 4.69) is 5.32 Å². The zero-order chi connectivity index (χ0) is 20.7. The summed E-state index contributed by atoms with van der Waals surface area (Å²) in [7, 11) is 0. The van der Waals surface area contributed by atoms with Crippen molar-refractivity contribution in [3.63, 3.8) is 0 Å². The average molecular weight is 381 g/mol. The van der Waals surface area contributed by atoms with Gasteiger partial charge in [-0.25, -0.2) is 0 Å². The van der Waals surface area contributed by atoms with Crippen LogP contribution in [0.5, 0.6) is 0 Å². The van der Waals surface area contributed by atoms with Gasteiger partial charge in [-0.15, -0.1) is 0 Å². The summed E-state index contributed by atoms with van der Waals surface area (Å²) in [4.78, 5) is 27.7. The fraction of sp³-hybridized carbons (Fsp3) is 0.417. The Hall–Kier alpha value is -2.62. The van der Waals surface area contributed by atoms with Gasteiger partial charge in [0.25, 0.3) is 0 Å². The second kappa shape index (κ2) is 10.1. The lowest BCUT2D eigenvalue weighted by Crippen LogP contribution is -2.50. The first-order valence-electron chi connectivity index (χ1n) is 10.0. The van der Waals surface area contributed by atoms with Gasteiger partial charge >= 0.3 is 0 Å². The predicted molar refractivity (Wildman–Crippen MR) is 114 cm³/mol. The third kappa shape index (κ3) is 6.22. The molecule has 0 aliphatic rings. The highest BCUT2D eigenvalue weighted by Crippen LogP contribution is 2.16. The first-order valence-corrected chi connectivity index (χ1v) is 10.0. The maximum absolute atomic E-state index is 13.2. The van der Waals surface area contributed by atoms with E-state index in [4.69, 9.17) is 0 Å². The SMILES string of the molecule is CC[C@H](C(=O)NC(C)C)N(Cc1ccc(C)cc1)C(=O)Cc1ccc(C)cc1. The van der Waals surface area contributed by atoms with Crippen LogP contribution in [0.15, 0.2) is 48.5 Å². The van der Waals surface area contributed by atoms with Crippen molar-refractivity contribution in [3.05, 3.63) is 70.8 Å². The smallest absolute Gasteiger partial charge is 0.243 e. The molecule has 0 fully saturated rings. The standard InChI is InChI=1S/C24H32N2O2/c1-6-22(24(28)25-17(2)3)26(16-21-13-9-19(5)10-14-21)23(27)15-20-11-7-18(4)8-12-20/h7-14,17,22H,6,15-16H2,1-5H3,(H,25,28)/t22-/m1/s1. The molecule has 1 atom stereocenters. The molecule has 0 unspecified atom stereocenters. The van der Waals surface area contributed by atoms with Gasteiger partial charge in [0.2, 0.25) is 11.8 Å². The molecule has 0 spiro atoms. The minimum atomic E-state index is -0.485. The van der Waals surface area contributed by atoms with E-state index in [9.17, 15) is 9.59 Å². The minimum absolute atomic E-state index is 0.0322. The van der Waals surface area contributed by atoms with Crippen LogP contribution >= 0.6 is 0 Å². The third-order valence-corrected chi connectivity index (χ3v) is 4.77. The van der Waals surface area contributed by atoms with Crippen molar-refractivity contribution in [3.8, 4) is 0 Å². The number of carbonyl (C=O) groups excluding carboxylic acids is 2. The fourth-order valence-electron chi connectivity index (χ4n) is 3.17. The van der Waals surface area contributed by atoms with Crippen molar-refractivity contribution in [2.45, 2.75) is 66.1 Å². The van der Waals surface area contributed by atoms with Crippen LogP contribution < -0.4 is 5.32 Å². The van der Waals surface area contributed by atoms with E-state index in [0.717, 1.165) is 16.7 Å². The van der Waals surface area contributed by atoms with E-state index in [1.165, 1.54) is 5.56 Å². The molecule has 1 N–H and O–H groups in total. The molecular weight excluding hydrogens is 348 g/mol. The van der Waals surface area contributed by atoms with Crippen LogP contribution in [0.4, 0.5) is 0 Å². The van der Waals surface area contributed by atoms with Gasteiger partial charge in [0.1, 0.15) is 6.04 Å². The zero-order valence-corrected chi connectivity index (χ0v) is 17.7. The number of rotatable bonds is 8. The first-order chi connectivity index (χ1) is 13.3. The highest BCUT2D eigenvalue weighted by molar-refractivity contribution is 5.88. The molecule has 150 valence electrons. The van der Waals surface area contributed by atoms with Crippen LogP contribution in [0.2, 0.25) is 0 Å². The van der Waals surface area contributed by atoms with Gasteiger partial charge < -0.3 is 10.2 Å². The molecule has 4 heteroatoms. The molecule has 2 amide bonds. The fourth-order valence-corrected chi connectivity index (χ4v) is 3.17. The van der Waals surface area contributed by atoms with E-state index in [1.54, 1.807) is 4.90 Å². The van der Waals surface area contributed by atoms with Crippen LogP contribution in [0.3, 0.4) is 0 Å². The largest absolute Gasteiger partial charge is 0.352 e. The molecule has 0 aliphatic heterocycles. The molecular formula is C24H32N2O2. The number of aryl methyl sites for hydroxylation is 2. The van der Waals surface area contributed by atoms with E-state index < -0.39 is 6.04 Å². The molecule has 2 aromatic carbocycles. The third-order valence-electron chi connectivity index (χ3n) is 4.77. The Morgan fingerprint density at radius 2 is 1.39 bits per heavy atom. The van der Waals surface area contributed by atoms with Gasteiger partial charge in [-0.2, -0.15) is 0 Å². The summed E-state index contributed by atoms with van der Waals surface area (Å²) in [6.45, 7) is 10.3. The number of nitrogens with zero attached hydrogens (tertiary/aromatic N) is 1. The lowest BCUT2D eigenvalue weighted by Gasteiger charge is -2.31. The van der Waals surface area contributed by atoms with E-state index in [-0.39, 0.29) is 24.3 Å². The Kier molecular flexibility index (Phi) is 7.80. The molecule has 28 heavy (non-hydrogen) atoms. The number of benzene rings is 2. The van der Waals surface area contributed by atoms with Crippen LogP contribution in [0.25, 0.3) is 0 Å².